The monoisotopic (exact) mass is 232 g/mol. The maximum absolute atomic E-state index is 12.1. The second-order valence-corrected chi connectivity index (χ2v) is 2.36. The van der Waals surface area contributed by atoms with E-state index in [1.165, 1.54) is 0 Å². The normalized spacial score (nSPS) is 15.0. The summed E-state index contributed by atoms with van der Waals surface area (Å²) in [5, 5.41) is 7.67. The van der Waals surface area contributed by atoms with Crippen LogP contribution in [0.4, 0.5) is 35.1 Å². The van der Waals surface area contributed by atoms with E-state index in [1.54, 1.807) is 0 Å². The molecule has 1 N–H and O–H groups in total. The highest BCUT2D eigenvalue weighted by Crippen LogP contribution is 2.48. The summed E-state index contributed by atoms with van der Waals surface area (Å²) in [7, 11) is 0. The van der Waals surface area contributed by atoms with E-state index in [4.69, 9.17) is 5.11 Å². The summed E-state index contributed by atoms with van der Waals surface area (Å²) in [5.74, 6) is -18.1. The van der Waals surface area contributed by atoms with Gasteiger partial charge in [-0.25, -0.2) is 8.78 Å². The molecule has 0 rings (SSSR count). The number of aliphatic hydroxyl groups excluding tert-OH is 1. The lowest BCUT2D eigenvalue weighted by atomic mass is 10.1. The zero-order valence-corrected chi connectivity index (χ0v) is 6.26. The first kappa shape index (κ1) is 13.4. The van der Waals surface area contributed by atoms with Crippen LogP contribution in [0.2, 0.25) is 0 Å². The fourth-order valence-corrected chi connectivity index (χ4v) is 0.480. The minimum atomic E-state index is -6.30. The van der Waals surface area contributed by atoms with Crippen molar-refractivity contribution in [2.24, 2.45) is 0 Å². The van der Waals surface area contributed by atoms with Crippen LogP contribution < -0.4 is 0 Å². The van der Waals surface area contributed by atoms with Crippen molar-refractivity contribution in [2.45, 2.75) is 24.2 Å². The highest BCUT2D eigenvalue weighted by molar-refractivity contribution is 4.97. The summed E-state index contributed by atoms with van der Waals surface area (Å²) in [4.78, 5) is 0. The molecule has 86 valence electrons. The predicted molar refractivity (Wildman–Crippen MR) is 27.9 cm³/mol. The number of hydrogen-bond donors (Lipinski definition) is 1. The Balaban J connectivity index is 5.14. The molecular weight excluding hydrogens is 228 g/mol. The van der Waals surface area contributed by atoms with Crippen molar-refractivity contribution in [2.75, 3.05) is 6.61 Å². The van der Waals surface area contributed by atoms with Gasteiger partial charge in [-0.1, -0.05) is 0 Å². The summed E-state index contributed by atoms with van der Waals surface area (Å²) < 4.78 is 94.6. The van der Waals surface area contributed by atoms with Crippen LogP contribution in [0.1, 0.15) is 0 Å². The zero-order valence-electron chi connectivity index (χ0n) is 6.26. The third-order valence-electron chi connectivity index (χ3n) is 1.35. The predicted octanol–water partition coefficient (Wildman–Crippen LogP) is 2.15. The lowest BCUT2D eigenvalue weighted by Gasteiger charge is -2.30. The quantitative estimate of drug-likeness (QED) is 0.736. The van der Waals surface area contributed by atoms with Crippen LogP contribution >= 0.6 is 0 Å². The first-order chi connectivity index (χ1) is 6.00. The topological polar surface area (TPSA) is 20.2 Å². The SMILES string of the molecule is OCC(F)(F)C(F)(F)C(F)(F)C(F)F. The van der Waals surface area contributed by atoms with E-state index >= 15 is 0 Å². The third-order valence-corrected chi connectivity index (χ3v) is 1.35. The molecule has 0 spiro atoms. The fourth-order valence-electron chi connectivity index (χ4n) is 0.480. The van der Waals surface area contributed by atoms with Gasteiger partial charge in [0.1, 0.15) is 6.61 Å². The van der Waals surface area contributed by atoms with Gasteiger partial charge in [0.05, 0.1) is 0 Å². The van der Waals surface area contributed by atoms with E-state index in [2.05, 4.69) is 0 Å². The highest BCUT2D eigenvalue weighted by Gasteiger charge is 2.75. The van der Waals surface area contributed by atoms with Crippen LogP contribution in [0.25, 0.3) is 0 Å². The van der Waals surface area contributed by atoms with Crippen LogP contribution in [0.5, 0.6) is 0 Å². The van der Waals surface area contributed by atoms with Gasteiger partial charge < -0.3 is 5.11 Å². The summed E-state index contributed by atoms with van der Waals surface area (Å²) in [6, 6.07) is 0. The minimum Gasteiger partial charge on any atom is -0.390 e. The Morgan fingerprint density at radius 3 is 1.50 bits per heavy atom. The average Bonchev–Trinajstić information content (AvgIpc) is 2.03. The van der Waals surface area contributed by atoms with E-state index < -0.39 is 30.8 Å². The molecule has 0 unspecified atom stereocenters. The Hall–Kier alpha value is -0.600. The first-order valence-electron chi connectivity index (χ1n) is 3.03. The van der Waals surface area contributed by atoms with Crippen LogP contribution in [-0.2, 0) is 0 Å². The van der Waals surface area contributed by atoms with Gasteiger partial charge in [-0.2, -0.15) is 26.3 Å². The van der Waals surface area contributed by atoms with Crippen LogP contribution in [0.3, 0.4) is 0 Å². The Kier molecular flexibility index (Phi) is 3.37. The Morgan fingerprint density at radius 1 is 0.929 bits per heavy atom. The summed E-state index contributed by atoms with van der Waals surface area (Å²) in [6.07, 6.45) is -4.95. The van der Waals surface area contributed by atoms with Crippen LogP contribution in [-0.4, -0.2) is 35.9 Å². The number of hydrogen-bond acceptors (Lipinski definition) is 1. The lowest BCUT2D eigenvalue weighted by molar-refractivity contribution is -0.343. The van der Waals surface area contributed by atoms with E-state index in [0.717, 1.165) is 0 Å². The fraction of sp³-hybridized carbons (Fsp3) is 1.00. The van der Waals surface area contributed by atoms with E-state index in [9.17, 15) is 35.1 Å². The molecule has 0 saturated carbocycles. The maximum atomic E-state index is 12.1. The van der Waals surface area contributed by atoms with E-state index in [1.807, 2.05) is 0 Å². The van der Waals surface area contributed by atoms with Gasteiger partial charge in [-0.3, -0.25) is 0 Å². The average molecular weight is 232 g/mol. The standard InChI is InChI=1S/C5H4F8O/c6-2(7)4(10,11)5(12,13)3(8,9)1-14/h2,14H,1H2. The number of alkyl halides is 8. The zero-order chi connectivity index (χ0) is 11.8. The first-order valence-corrected chi connectivity index (χ1v) is 3.03. The Morgan fingerprint density at radius 2 is 1.29 bits per heavy atom. The molecule has 0 aromatic rings. The van der Waals surface area contributed by atoms with Crippen LogP contribution in [0.15, 0.2) is 0 Å². The molecule has 0 aromatic heterocycles. The van der Waals surface area contributed by atoms with E-state index in [-0.39, 0.29) is 0 Å². The van der Waals surface area contributed by atoms with Crippen molar-refractivity contribution >= 4 is 0 Å². The van der Waals surface area contributed by atoms with Gasteiger partial charge in [0, 0.05) is 0 Å². The molecule has 0 aliphatic rings. The molecule has 0 fully saturated rings. The van der Waals surface area contributed by atoms with Crippen molar-refractivity contribution in [3.05, 3.63) is 0 Å². The Bertz CT molecular complexity index is 200. The lowest BCUT2D eigenvalue weighted by Crippen LogP contribution is -2.58. The van der Waals surface area contributed by atoms with Gasteiger partial charge in [-0.15, -0.1) is 0 Å². The number of rotatable bonds is 4. The number of halogens is 8. The molecule has 0 aliphatic carbocycles. The van der Waals surface area contributed by atoms with Gasteiger partial charge in [0.25, 0.3) is 0 Å². The highest BCUT2D eigenvalue weighted by atomic mass is 19.4. The van der Waals surface area contributed by atoms with Gasteiger partial charge in [-0.05, 0) is 0 Å². The molecule has 0 radical (unpaired) electrons. The number of aliphatic hydroxyl groups is 1. The molecule has 0 aromatic carbocycles. The van der Waals surface area contributed by atoms with Crippen LogP contribution in [0, 0.1) is 0 Å². The van der Waals surface area contributed by atoms with Gasteiger partial charge in [0.2, 0.25) is 0 Å². The molecule has 0 aliphatic heterocycles. The second kappa shape index (κ2) is 3.52. The maximum Gasteiger partial charge on any atom is 0.380 e. The van der Waals surface area contributed by atoms with Gasteiger partial charge >= 0.3 is 24.2 Å². The van der Waals surface area contributed by atoms with Crippen molar-refractivity contribution in [3.8, 4) is 0 Å². The van der Waals surface area contributed by atoms with Crippen molar-refractivity contribution < 1.29 is 40.2 Å². The van der Waals surface area contributed by atoms with Crippen molar-refractivity contribution in [1.29, 1.82) is 0 Å². The van der Waals surface area contributed by atoms with Gasteiger partial charge in [0.15, 0.2) is 0 Å². The molecule has 9 heteroatoms. The molecule has 0 heterocycles. The van der Waals surface area contributed by atoms with Crippen molar-refractivity contribution in [3.63, 3.8) is 0 Å². The summed E-state index contributed by atoms with van der Waals surface area (Å²) >= 11 is 0. The summed E-state index contributed by atoms with van der Waals surface area (Å²) in [6.45, 7) is -2.65. The molecule has 0 bridgehead atoms. The second-order valence-electron chi connectivity index (χ2n) is 2.36. The molecule has 0 atom stereocenters. The summed E-state index contributed by atoms with van der Waals surface area (Å²) in [5.41, 5.74) is 0. The van der Waals surface area contributed by atoms with Crippen molar-refractivity contribution in [1.82, 2.24) is 0 Å². The minimum absolute atomic E-state index is 2.65. The van der Waals surface area contributed by atoms with E-state index in [0.29, 0.717) is 0 Å². The Labute approximate surface area is 72.3 Å². The molecule has 14 heavy (non-hydrogen) atoms. The molecule has 0 amide bonds. The third kappa shape index (κ3) is 1.77. The molecular formula is C5H4F8O. The largest absolute Gasteiger partial charge is 0.390 e. The smallest absolute Gasteiger partial charge is 0.380 e. The molecule has 0 saturated heterocycles. The molecule has 1 nitrogen and oxygen atoms in total.